The Labute approximate surface area is 74.2 Å². The molecule has 0 radical (unpaired) electrons. The molecule has 0 saturated carbocycles. The van der Waals surface area contributed by atoms with Crippen LogP contribution in [0.15, 0.2) is 0 Å². The summed E-state index contributed by atoms with van der Waals surface area (Å²) < 4.78 is 0. The Kier molecular flexibility index (Phi) is 20.0. The molecule has 0 unspecified atom stereocenters. The molecule has 2 heteroatoms. The number of rotatable bonds is 0. The first-order valence-electron chi connectivity index (χ1n) is 0.493. The molecule has 0 N–H and O–H groups in total. The summed E-state index contributed by atoms with van der Waals surface area (Å²) in [7, 11) is 0. The number of hydrogen-bond donors (Lipinski definition) is 0. The third kappa shape index (κ3) is 9.94. The van der Waals surface area contributed by atoms with Crippen LogP contribution in [0.5, 0.6) is 0 Å². The first-order chi connectivity index (χ1) is 1.41. The van der Waals surface area contributed by atoms with E-state index in [1.807, 2.05) is 5.25 Å². The van der Waals surface area contributed by atoms with Gasteiger partial charge in [0.1, 0.15) is 0 Å². The number of hydrogen-bond acceptors (Lipinski definition) is 1. The van der Waals surface area contributed by atoms with Gasteiger partial charge < -0.3 is 12.6 Å². The van der Waals surface area contributed by atoms with Crippen molar-refractivity contribution >= 4 is 12.6 Å². The van der Waals surface area contributed by atoms with Gasteiger partial charge in [-0.25, -0.2) is 0 Å². The maximum atomic E-state index is 4.41. The number of terminal acetylenes is 1. The van der Waals surface area contributed by atoms with Crippen molar-refractivity contribution in [2.24, 2.45) is 0 Å². The van der Waals surface area contributed by atoms with E-state index in [-0.39, 0.29) is 51.4 Å². The van der Waals surface area contributed by atoms with Gasteiger partial charge in [0.05, 0.1) is 0 Å². The molecule has 0 saturated heterocycles. The van der Waals surface area contributed by atoms with Crippen LogP contribution < -0.4 is 51.4 Å². The van der Waals surface area contributed by atoms with Crippen molar-refractivity contribution in [2.45, 2.75) is 0 Å². The van der Waals surface area contributed by atoms with Gasteiger partial charge in [0.2, 0.25) is 0 Å². The summed E-state index contributed by atoms with van der Waals surface area (Å²) in [5.74, 6) is 0. The fourth-order valence-corrected chi connectivity index (χ4v) is 0. The van der Waals surface area contributed by atoms with Crippen molar-refractivity contribution in [1.29, 1.82) is 0 Å². The molecule has 0 aromatic carbocycles. The second-order valence-corrected chi connectivity index (χ2v) is 0.354. The predicted molar refractivity (Wildman–Crippen MR) is 16.2 cm³/mol. The second-order valence-electron chi connectivity index (χ2n) is 0.118. The van der Waals surface area contributed by atoms with Crippen molar-refractivity contribution in [3.05, 3.63) is 0 Å². The molecule has 0 nitrogen and oxygen atoms in total. The minimum Gasteiger partial charge on any atom is -0.725 e. The molecule has 0 amide bonds. The molecular formula is C2HKS. The van der Waals surface area contributed by atoms with Gasteiger partial charge >= 0.3 is 51.4 Å². The summed E-state index contributed by atoms with van der Waals surface area (Å²) in [6, 6.07) is 0. The molecule has 0 fully saturated rings. The quantitative estimate of drug-likeness (QED) is 0.177. The van der Waals surface area contributed by atoms with Gasteiger partial charge in [-0.05, 0) is 0 Å². The second kappa shape index (κ2) is 8.83. The zero-order valence-electron chi connectivity index (χ0n) is 2.49. The van der Waals surface area contributed by atoms with Crippen molar-refractivity contribution in [3.63, 3.8) is 0 Å². The molecule has 16 valence electrons. The Morgan fingerprint density at radius 2 is 1.75 bits per heavy atom. The van der Waals surface area contributed by atoms with E-state index in [9.17, 15) is 0 Å². The van der Waals surface area contributed by atoms with Gasteiger partial charge in [-0.15, -0.1) is 6.42 Å². The first kappa shape index (κ1) is 9.05. The van der Waals surface area contributed by atoms with Gasteiger partial charge in [0.15, 0.2) is 0 Å². The van der Waals surface area contributed by atoms with Crippen molar-refractivity contribution in [1.82, 2.24) is 0 Å². The van der Waals surface area contributed by atoms with Crippen LogP contribution in [-0.2, 0) is 12.6 Å². The Morgan fingerprint density at radius 1 is 1.75 bits per heavy atom. The minimum absolute atomic E-state index is 0. The van der Waals surface area contributed by atoms with Crippen molar-refractivity contribution in [2.75, 3.05) is 0 Å². The van der Waals surface area contributed by atoms with E-state index in [1.54, 1.807) is 0 Å². The fourth-order valence-electron chi connectivity index (χ4n) is 0. The van der Waals surface area contributed by atoms with E-state index in [4.69, 9.17) is 0 Å². The van der Waals surface area contributed by atoms with E-state index in [1.165, 1.54) is 0 Å². The van der Waals surface area contributed by atoms with Crippen LogP contribution in [0.2, 0.25) is 0 Å². The largest absolute Gasteiger partial charge is 1.00 e. The molecular weight excluding hydrogens is 95.2 g/mol. The van der Waals surface area contributed by atoms with Gasteiger partial charge in [0.25, 0.3) is 0 Å². The Bertz CT molecular complexity index is 27.5. The maximum absolute atomic E-state index is 4.41. The topological polar surface area (TPSA) is 0 Å². The monoisotopic (exact) mass is 95.9 g/mol. The normalized spacial score (nSPS) is 1.75. The molecule has 0 aromatic heterocycles. The molecule has 0 heterocycles. The molecule has 0 aliphatic rings. The van der Waals surface area contributed by atoms with Gasteiger partial charge in [-0.2, -0.15) is 0 Å². The summed E-state index contributed by atoms with van der Waals surface area (Å²) in [5, 5.41) is 1.83. The Morgan fingerprint density at radius 3 is 1.75 bits per heavy atom. The maximum Gasteiger partial charge on any atom is 1.00 e. The third-order valence-electron chi connectivity index (χ3n) is 0. The summed E-state index contributed by atoms with van der Waals surface area (Å²) in [5.41, 5.74) is 0. The average molecular weight is 96.2 g/mol. The van der Waals surface area contributed by atoms with E-state index in [0.717, 1.165) is 0 Å². The molecule has 4 heavy (non-hydrogen) atoms. The Balaban J connectivity index is 0. The molecule has 0 aromatic rings. The zero-order valence-corrected chi connectivity index (χ0v) is 6.43. The van der Waals surface area contributed by atoms with Crippen LogP contribution in [0.3, 0.4) is 0 Å². The summed E-state index contributed by atoms with van der Waals surface area (Å²) in [4.78, 5) is 0. The molecule has 0 bridgehead atoms. The van der Waals surface area contributed by atoms with Gasteiger partial charge in [-0.1, -0.05) is 0 Å². The molecule has 0 aliphatic heterocycles. The fraction of sp³-hybridized carbons (Fsp3) is 0. The van der Waals surface area contributed by atoms with Crippen LogP contribution >= 0.6 is 0 Å². The minimum atomic E-state index is 0. The zero-order chi connectivity index (χ0) is 2.71. The van der Waals surface area contributed by atoms with Crippen LogP contribution in [0.4, 0.5) is 0 Å². The molecule has 0 rings (SSSR count). The van der Waals surface area contributed by atoms with Crippen LogP contribution in [0.1, 0.15) is 0 Å². The van der Waals surface area contributed by atoms with E-state index >= 15 is 0 Å². The van der Waals surface area contributed by atoms with Crippen LogP contribution in [0, 0.1) is 11.7 Å². The van der Waals surface area contributed by atoms with Gasteiger partial charge in [-0.3, -0.25) is 5.25 Å². The SMILES string of the molecule is C#C[S-].[K+]. The van der Waals surface area contributed by atoms with Crippen LogP contribution in [-0.4, -0.2) is 0 Å². The molecule has 0 spiro atoms. The summed E-state index contributed by atoms with van der Waals surface area (Å²) in [6.07, 6.45) is 4.41. The van der Waals surface area contributed by atoms with Crippen molar-refractivity contribution < 1.29 is 51.4 Å². The predicted octanol–water partition coefficient (Wildman–Crippen LogP) is -2.87. The summed E-state index contributed by atoms with van der Waals surface area (Å²) in [6.45, 7) is 0. The van der Waals surface area contributed by atoms with Crippen molar-refractivity contribution in [3.8, 4) is 11.7 Å². The third-order valence-corrected chi connectivity index (χ3v) is 0. The first-order valence-corrected chi connectivity index (χ1v) is 0.901. The van der Waals surface area contributed by atoms with E-state index < -0.39 is 0 Å². The summed E-state index contributed by atoms with van der Waals surface area (Å²) >= 11 is 3.92. The molecule has 0 atom stereocenters. The standard InChI is InChI=1S/C2H2S.K/c1-2-3;/h1,3H;/q;+1/p-1. The van der Waals surface area contributed by atoms with Crippen LogP contribution in [0.25, 0.3) is 0 Å². The average Bonchev–Trinajstić information content (AvgIpc) is 0.918. The molecule has 0 aliphatic carbocycles. The van der Waals surface area contributed by atoms with E-state index in [0.29, 0.717) is 0 Å². The van der Waals surface area contributed by atoms with E-state index in [2.05, 4.69) is 19.1 Å². The van der Waals surface area contributed by atoms with Gasteiger partial charge in [0, 0.05) is 0 Å². The Hall–Kier alpha value is 1.42. The smallest absolute Gasteiger partial charge is 0.725 e.